The van der Waals surface area contributed by atoms with Gasteiger partial charge < -0.3 is 15.2 Å². The minimum absolute atomic E-state index is 0.285. The first-order valence-corrected chi connectivity index (χ1v) is 5.23. The van der Waals surface area contributed by atoms with Gasteiger partial charge in [-0.1, -0.05) is 6.07 Å². The number of hydrogen-bond acceptors (Lipinski definition) is 3. The van der Waals surface area contributed by atoms with Gasteiger partial charge in [0.1, 0.15) is 11.5 Å². The number of hydrogen-bond donors (Lipinski definition) is 1. The Kier molecular flexibility index (Phi) is 2.82. The van der Waals surface area contributed by atoms with Gasteiger partial charge in [0.25, 0.3) is 0 Å². The molecule has 0 aromatic heterocycles. The molecule has 0 spiro atoms. The topological polar surface area (TPSA) is 44.5 Å². The SMILES string of the molecule is COc1ccc(C2CCC2N)c(OC)c1. The van der Waals surface area contributed by atoms with Crippen LogP contribution in [0, 0.1) is 0 Å². The first-order chi connectivity index (χ1) is 7.26. The summed E-state index contributed by atoms with van der Waals surface area (Å²) in [4.78, 5) is 0. The Balaban J connectivity index is 2.30. The lowest BCUT2D eigenvalue weighted by Gasteiger charge is -2.34. The average Bonchev–Trinajstić information content (AvgIpc) is 2.27. The molecular formula is C12H17NO2. The second kappa shape index (κ2) is 4.11. The van der Waals surface area contributed by atoms with E-state index in [1.807, 2.05) is 12.1 Å². The summed E-state index contributed by atoms with van der Waals surface area (Å²) in [6, 6.07) is 6.22. The van der Waals surface area contributed by atoms with E-state index in [1.165, 1.54) is 5.56 Å². The molecule has 1 aliphatic rings. The van der Waals surface area contributed by atoms with Crippen molar-refractivity contribution < 1.29 is 9.47 Å². The lowest BCUT2D eigenvalue weighted by molar-refractivity contribution is 0.327. The molecule has 15 heavy (non-hydrogen) atoms. The van der Waals surface area contributed by atoms with Crippen LogP contribution in [0.3, 0.4) is 0 Å². The first-order valence-electron chi connectivity index (χ1n) is 5.23. The molecule has 1 aliphatic carbocycles. The van der Waals surface area contributed by atoms with Crippen LogP contribution in [0.5, 0.6) is 11.5 Å². The molecule has 0 heterocycles. The maximum atomic E-state index is 5.96. The van der Waals surface area contributed by atoms with Crippen LogP contribution in [-0.4, -0.2) is 20.3 Å². The Morgan fingerprint density at radius 3 is 2.47 bits per heavy atom. The zero-order chi connectivity index (χ0) is 10.8. The molecule has 0 amide bonds. The molecule has 3 heteroatoms. The normalized spacial score (nSPS) is 24.5. The molecule has 0 bridgehead atoms. The van der Waals surface area contributed by atoms with Crippen molar-refractivity contribution in [2.24, 2.45) is 5.73 Å². The lowest BCUT2D eigenvalue weighted by Crippen LogP contribution is -2.37. The van der Waals surface area contributed by atoms with Gasteiger partial charge in [0.2, 0.25) is 0 Å². The van der Waals surface area contributed by atoms with Gasteiger partial charge in [-0.2, -0.15) is 0 Å². The molecule has 82 valence electrons. The van der Waals surface area contributed by atoms with Crippen LogP contribution in [0.15, 0.2) is 18.2 Å². The van der Waals surface area contributed by atoms with Gasteiger partial charge in [0, 0.05) is 18.0 Å². The summed E-state index contributed by atoms with van der Waals surface area (Å²) in [5.41, 5.74) is 7.17. The summed E-state index contributed by atoms with van der Waals surface area (Å²) in [5.74, 6) is 2.16. The first kappa shape index (κ1) is 10.3. The van der Waals surface area contributed by atoms with Crippen LogP contribution in [0.25, 0.3) is 0 Å². The number of ether oxygens (including phenoxy) is 2. The summed E-state index contributed by atoms with van der Waals surface area (Å²) in [6.07, 6.45) is 2.27. The standard InChI is InChI=1S/C12H17NO2/c1-14-8-3-4-10(12(7-8)15-2)9-5-6-11(9)13/h3-4,7,9,11H,5-6,13H2,1-2H3. The molecule has 1 aromatic rings. The summed E-state index contributed by atoms with van der Waals surface area (Å²) in [7, 11) is 3.34. The largest absolute Gasteiger partial charge is 0.497 e. The molecule has 2 N–H and O–H groups in total. The van der Waals surface area contributed by atoms with E-state index in [0.717, 1.165) is 24.3 Å². The highest BCUT2D eigenvalue weighted by atomic mass is 16.5. The molecule has 0 radical (unpaired) electrons. The molecule has 2 unspecified atom stereocenters. The Bertz CT molecular complexity index is 351. The fourth-order valence-electron chi connectivity index (χ4n) is 2.04. The van der Waals surface area contributed by atoms with Crippen molar-refractivity contribution in [2.45, 2.75) is 24.8 Å². The monoisotopic (exact) mass is 207 g/mol. The second-order valence-corrected chi connectivity index (χ2v) is 3.96. The summed E-state index contributed by atoms with van der Waals surface area (Å²) in [5, 5.41) is 0. The van der Waals surface area contributed by atoms with Gasteiger partial charge in [-0.15, -0.1) is 0 Å². The van der Waals surface area contributed by atoms with Gasteiger partial charge in [-0.3, -0.25) is 0 Å². The van der Waals surface area contributed by atoms with E-state index in [2.05, 4.69) is 6.07 Å². The molecule has 0 saturated heterocycles. The third kappa shape index (κ3) is 1.79. The van der Waals surface area contributed by atoms with E-state index in [4.69, 9.17) is 15.2 Å². The van der Waals surface area contributed by atoms with Gasteiger partial charge in [0.05, 0.1) is 14.2 Å². The van der Waals surface area contributed by atoms with Crippen molar-refractivity contribution in [3.8, 4) is 11.5 Å². The predicted molar refractivity (Wildman–Crippen MR) is 59.5 cm³/mol. The van der Waals surface area contributed by atoms with Crippen LogP contribution in [0.2, 0.25) is 0 Å². The Hall–Kier alpha value is -1.22. The van der Waals surface area contributed by atoms with Crippen molar-refractivity contribution in [1.29, 1.82) is 0 Å². The van der Waals surface area contributed by atoms with Crippen molar-refractivity contribution >= 4 is 0 Å². The molecule has 3 nitrogen and oxygen atoms in total. The fourth-order valence-corrected chi connectivity index (χ4v) is 2.04. The maximum absolute atomic E-state index is 5.96. The highest BCUT2D eigenvalue weighted by Crippen LogP contribution is 2.41. The summed E-state index contributed by atoms with van der Waals surface area (Å²) in [6.45, 7) is 0. The van der Waals surface area contributed by atoms with E-state index in [0.29, 0.717) is 5.92 Å². The third-order valence-corrected chi connectivity index (χ3v) is 3.17. The fraction of sp³-hybridized carbons (Fsp3) is 0.500. The summed E-state index contributed by atoms with van der Waals surface area (Å²) >= 11 is 0. The Morgan fingerprint density at radius 2 is 2.00 bits per heavy atom. The smallest absolute Gasteiger partial charge is 0.126 e. The van der Waals surface area contributed by atoms with Crippen LogP contribution < -0.4 is 15.2 Å². The van der Waals surface area contributed by atoms with Crippen molar-refractivity contribution in [3.63, 3.8) is 0 Å². The number of rotatable bonds is 3. The van der Waals surface area contributed by atoms with Crippen molar-refractivity contribution in [1.82, 2.24) is 0 Å². The quantitative estimate of drug-likeness (QED) is 0.823. The highest BCUT2D eigenvalue weighted by molar-refractivity contribution is 5.44. The van der Waals surface area contributed by atoms with Crippen molar-refractivity contribution in [3.05, 3.63) is 23.8 Å². The third-order valence-electron chi connectivity index (χ3n) is 3.17. The van der Waals surface area contributed by atoms with E-state index in [-0.39, 0.29) is 6.04 Å². The molecule has 2 rings (SSSR count). The molecule has 1 saturated carbocycles. The van der Waals surface area contributed by atoms with E-state index in [1.54, 1.807) is 14.2 Å². The minimum Gasteiger partial charge on any atom is -0.497 e. The molecular weight excluding hydrogens is 190 g/mol. The maximum Gasteiger partial charge on any atom is 0.126 e. The second-order valence-electron chi connectivity index (χ2n) is 3.96. The van der Waals surface area contributed by atoms with E-state index >= 15 is 0 Å². The van der Waals surface area contributed by atoms with E-state index < -0.39 is 0 Å². The Labute approximate surface area is 90.2 Å². The number of methoxy groups -OCH3 is 2. The molecule has 2 atom stereocenters. The van der Waals surface area contributed by atoms with E-state index in [9.17, 15) is 0 Å². The molecule has 1 aromatic carbocycles. The average molecular weight is 207 g/mol. The van der Waals surface area contributed by atoms with Gasteiger partial charge >= 0.3 is 0 Å². The predicted octanol–water partition coefficient (Wildman–Crippen LogP) is 1.91. The van der Waals surface area contributed by atoms with Gasteiger partial charge in [-0.25, -0.2) is 0 Å². The van der Waals surface area contributed by atoms with Gasteiger partial charge in [-0.05, 0) is 24.5 Å². The van der Waals surface area contributed by atoms with Crippen molar-refractivity contribution in [2.75, 3.05) is 14.2 Å². The van der Waals surface area contributed by atoms with Crippen LogP contribution in [0.1, 0.15) is 24.3 Å². The van der Waals surface area contributed by atoms with Crippen LogP contribution in [-0.2, 0) is 0 Å². The number of nitrogens with two attached hydrogens (primary N) is 1. The zero-order valence-electron chi connectivity index (χ0n) is 9.19. The lowest BCUT2D eigenvalue weighted by atomic mass is 9.75. The van der Waals surface area contributed by atoms with Crippen LogP contribution in [0.4, 0.5) is 0 Å². The van der Waals surface area contributed by atoms with Gasteiger partial charge in [0.15, 0.2) is 0 Å². The summed E-state index contributed by atoms with van der Waals surface area (Å²) < 4.78 is 10.5. The van der Waals surface area contributed by atoms with Crippen LogP contribution >= 0.6 is 0 Å². The number of benzene rings is 1. The Morgan fingerprint density at radius 1 is 1.20 bits per heavy atom. The zero-order valence-corrected chi connectivity index (χ0v) is 9.19. The highest BCUT2D eigenvalue weighted by Gasteiger charge is 2.31. The molecule has 1 fully saturated rings. The molecule has 0 aliphatic heterocycles. The minimum atomic E-state index is 0.285.